The number of hydrogen-bond acceptors (Lipinski definition) is 4. The van der Waals surface area contributed by atoms with Crippen molar-refractivity contribution in [3.8, 4) is 0 Å². The fourth-order valence-electron chi connectivity index (χ4n) is 3.12. The number of fused-ring (bicyclic) bond motifs is 1. The third kappa shape index (κ3) is 4.95. The summed E-state index contributed by atoms with van der Waals surface area (Å²) in [6.45, 7) is 0.654. The van der Waals surface area contributed by atoms with Crippen LogP contribution < -0.4 is 10.2 Å². The number of nitrogens with one attached hydrogen (secondary N) is 1. The van der Waals surface area contributed by atoms with Gasteiger partial charge in [-0.15, -0.1) is 0 Å². The first kappa shape index (κ1) is 19.1. The summed E-state index contributed by atoms with van der Waals surface area (Å²) < 4.78 is 22.4. The van der Waals surface area contributed by atoms with Crippen LogP contribution in [0.3, 0.4) is 0 Å². The Balaban J connectivity index is 1.75. The molecule has 27 heavy (non-hydrogen) atoms. The van der Waals surface area contributed by atoms with Gasteiger partial charge in [-0.3, -0.25) is 9.59 Å². The summed E-state index contributed by atoms with van der Waals surface area (Å²) in [6.07, 6.45) is 2.70. The number of anilines is 2. The Labute approximate surface area is 159 Å². The molecule has 0 spiro atoms. The molecule has 0 fully saturated rings. The second-order valence-electron chi connectivity index (χ2n) is 6.70. The van der Waals surface area contributed by atoms with Gasteiger partial charge < -0.3 is 10.2 Å². The third-order valence-corrected chi connectivity index (χ3v) is 5.39. The van der Waals surface area contributed by atoms with Crippen LogP contribution in [-0.4, -0.2) is 38.8 Å². The number of carbonyl (C=O) groups is 2. The van der Waals surface area contributed by atoms with Crippen LogP contribution in [0.4, 0.5) is 11.4 Å². The minimum Gasteiger partial charge on any atom is -0.326 e. The number of carbonyl (C=O) groups excluding carboxylic acids is 2. The maximum Gasteiger partial charge on any atom is 0.258 e. The number of nitrogens with zero attached hydrogens (tertiary/aromatic N) is 1. The van der Waals surface area contributed by atoms with E-state index in [0.717, 1.165) is 30.3 Å². The van der Waals surface area contributed by atoms with Crippen molar-refractivity contribution in [2.75, 3.05) is 28.8 Å². The molecule has 2 amide bonds. The van der Waals surface area contributed by atoms with Gasteiger partial charge in [0.1, 0.15) is 9.84 Å². The summed E-state index contributed by atoms with van der Waals surface area (Å²) in [6, 6.07) is 14.6. The van der Waals surface area contributed by atoms with Gasteiger partial charge in [0.2, 0.25) is 5.91 Å². The molecular formula is C20H22N2O4S. The minimum atomic E-state index is -3.17. The van der Waals surface area contributed by atoms with Crippen LogP contribution >= 0.6 is 0 Å². The molecule has 1 aliphatic rings. The fourth-order valence-corrected chi connectivity index (χ4v) is 3.68. The van der Waals surface area contributed by atoms with E-state index in [0.29, 0.717) is 17.8 Å². The van der Waals surface area contributed by atoms with Crippen molar-refractivity contribution in [1.29, 1.82) is 0 Å². The molecular weight excluding hydrogens is 364 g/mol. The van der Waals surface area contributed by atoms with E-state index in [-0.39, 0.29) is 24.0 Å². The Morgan fingerprint density at radius 1 is 1.11 bits per heavy atom. The molecule has 1 heterocycles. The summed E-state index contributed by atoms with van der Waals surface area (Å²) in [7, 11) is -3.17. The number of amides is 2. The second kappa shape index (κ2) is 7.92. The molecule has 0 saturated heterocycles. The first-order chi connectivity index (χ1) is 12.8. The highest BCUT2D eigenvalue weighted by Crippen LogP contribution is 2.31. The lowest BCUT2D eigenvalue weighted by atomic mass is 10.00. The Morgan fingerprint density at radius 2 is 1.85 bits per heavy atom. The van der Waals surface area contributed by atoms with Gasteiger partial charge in [-0.2, -0.15) is 0 Å². The van der Waals surface area contributed by atoms with Crippen LogP contribution in [0.2, 0.25) is 0 Å². The highest BCUT2D eigenvalue weighted by molar-refractivity contribution is 7.90. The van der Waals surface area contributed by atoms with Crippen molar-refractivity contribution < 1.29 is 18.0 Å². The highest BCUT2D eigenvalue weighted by atomic mass is 32.2. The van der Waals surface area contributed by atoms with Gasteiger partial charge in [0, 0.05) is 36.2 Å². The van der Waals surface area contributed by atoms with Crippen molar-refractivity contribution in [2.45, 2.75) is 19.3 Å². The first-order valence-electron chi connectivity index (χ1n) is 8.81. The molecule has 2 aromatic carbocycles. The van der Waals surface area contributed by atoms with Gasteiger partial charge in [-0.05, 0) is 48.7 Å². The second-order valence-corrected chi connectivity index (χ2v) is 8.96. The predicted octanol–water partition coefficient (Wildman–Crippen LogP) is 2.65. The Bertz CT molecular complexity index is 955. The molecule has 0 radical (unpaired) electrons. The summed E-state index contributed by atoms with van der Waals surface area (Å²) in [5.41, 5.74) is 3.10. The predicted molar refractivity (Wildman–Crippen MR) is 106 cm³/mol. The summed E-state index contributed by atoms with van der Waals surface area (Å²) in [5.74, 6) is -0.557. The molecule has 0 aliphatic carbocycles. The van der Waals surface area contributed by atoms with Gasteiger partial charge in [0.15, 0.2) is 0 Å². The largest absolute Gasteiger partial charge is 0.326 e. The maximum atomic E-state index is 12.8. The van der Waals surface area contributed by atoms with E-state index in [1.807, 2.05) is 30.3 Å². The van der Waals surface area contributed by atoms with E-state index < -0.39 is 9.84 Å². The SMILES string of the molecule is CS(=O)(=O)CCC(=O)Nc1ccc2c(c1)CCCN2C(=O)c1ccccc1. The van der Waals surface area contributed by atoms with E-state index in [4.69, 9.17) is 0 Å². The standard InChI is InChI=1S/C20H22N2O4S/c1-27(25,26)13-11-19(23)21-17-9-10-18-16(14-17)8-5-12-22(18)20(24)15-6-3-2-4-7-15/h2-4,6-7,9-10,14H,5,8,11-13H2,1H3,(H,21,23). The minimum absolute atomic E-state index is 0.0403. The van der Waals surface area contributed by atoms with E-state index in [2.05, 4.69) is 5.32 Å². The molecule has 3 rings (SSSR count). The van der Waals surface area contributed by atoms with Gasteiger partial charge in [0.25, 0.3) is 5.91 Å². The zero-order chi connectivity index (χ0) is 19.4. The Hall–Kier alpha value is -2.67. The average Bonchev–Trinajstić information content (AvgIpc) is 2.65. The van der Waals surface area contributed by atoms with E-state index in [1.54, 1.807) is 23.1 Å². The zero-order valence-corrected chi connectivity index (χ0v) is 16.0. The summed E-state index contributed by atoms with van der Waals surface area (Å²) in [4.78, 5) is 26.5. The Kier molecular flexibility index (Phi) is 5.60. The number of sulfone groups is 1. The molecule has 0 atom stereocenters. The fraction of sp³-hybridized carbons (Fsp3) is 0.300. The molecule has 0 aromatic heterocycles. The van der Waals surface area contributed by atoms with Crippen molar-refractivity contribution in [1.82, 2.24) is 0 Å². The van der Waals surface area contributed by atoms with Crippen molar-refractivity contribution in [2.24, 2.45) is 0 Å². The number of hydrogen-bond donors (Lipinski definition) is 1. The van der Waals surface area contributed by atoms with Crippen molar-refractivity contribution in [3.63, 3.8) is 0 Å². The van der Waals surface area contributed by atoms with Crippen LogP contribution in [0.1, 0.15) is 28.8 Å². The molecule has 0 saturated carbocycles. The maximum absolute atomic E-state index is 12.8. The van der Waals surface area contributed by atoms with Gasteiger partial charge >= 0.3 is 0 Å². The lowest BCUT2D eigenvalue weighted by Crippen LogP contribution is -2.35. The number of rotatable bonds is 5. The van der Waals surface area contributed by atoms with Gasteiger partial charge in [-0.1, -0.05) is 18.2 Å². The molecule has 0 unspecified atom stereocenters. The van der Waals surface area contributed by atoms with E-state index >= 15 is 0 Å². The summed E-state index contributed by atoms with van der Waals surface area (Å²) in [5, 5.41) is 2.73. The molecule has 6 nitrogen and oxygen atoms in total. The molecule has 142 valence electrons. The summed E-state index contributed by atoms with van der Waals surface area (Å²) >= 11 is 0. The number of benzene rings is 2. The molecule has 1 aliphatic heterocycles. The smallest absolute Gasteiger partial charge is 0.258 e. The van der Waals surface area contributed by atoms with E-state index in [9.17, 15) is 18.0 Å². The van der Waals surface area contributed by atoms with Gasteiger partial charge in [-0.25, -0.2) is 8.42 Å². The van der Waals surface area contributed by atoms with Crippen LogP contribution in [-0.2, 0) is 21.1 Å². The number of aryl methyl sites for hydroxylation is 1. The highest BCUT2D eigenvalue weighted by Gasteiger charge is 2.23. The van der Waals surface area contributed by atoms with E-state index in [1.165, 1.54) is 0 Å². The molecule has 1 N–H and O–H groups in total. The lowest BCUT2D eigenvalue weighted by Gasteiger charge is -2.30. The van der Waals surface area contributed by atoms with Crippen LogP contribution in [0.25, 0.3) is 0 Å². The molecule has 7 heteroatoms. The Morgan fingerprint density at radius 3 is 2.56 bits per heavy atom. The van der Waals surface area contributed by atoms with Crippen molar-refractivity contribution in [3.05, 3.63) is 59.7 Å². The van der Waals surface area contributed by atoms with Crippen LogP contribution in [0.15, 0.2) is 48.5 Å². The zero-order valence-electron chi connectivity index (χ0n) is 15.1. The first-order valence-corrected chi connectivity index (χ1v) is 10.9. The van der Waals surface area contributed by atoms with Crippen molar-refractivity contribution >= 4 is 33.0 Å². The van der Waals surface area contributed by atoms with Crippen LogP contribution in [0, 0.1) is 0 Å². The normalized spacial score (nSPS) is 13.7. The molecule has 0 bridgehead atoms. The molecule has 2 aromatic rings. The van der Waals surface area contributed by atoms with Gasteiger partial charge in [0.05, 0.1) is 5.75 Å². The monoisotopic (exact) mass is 386 g/mol. The third-order valence-electron chi connectivity index (χ3n) is 4.45. The van der Waals surface area contributed by atoms with Crippen LogP contribution in [0.5, 0.6) is 0 Å². The lowest BCUT2D eigenvalue weighted by molar-refractivity contribution is -0.115. The topological polar surface area (TPSA) is 83.6 Å². The quantitative estimate of drug-likeness (QED) is 0.856. The average molecular weight is 386 g/mol.